The van der Waals surface area contributed by atoms with Crippen molar-refractivity contribution in [2.24, 2.45) is 0 Å². The van der Waals surface area contributed by atoms with Crippen LogP contribution < -0.4 is 0 Å². The average Bonchev–Trinajstić information content (AvgIpc) is 2.93. The summed E-state index contributed by atoms with van der Waals surface area (Å²) < 4.78 is 7.50. The summed E-state index contributed by atoms with van der Waals surface area (Å²) in [6, 6.07) is 1.99. The van der Waals surface area contributed by atoms with Gasteiger partial charge in [0.1, 0.15) is 18.4 Å². The first-order chi connectivity index (χ1) is 11.8. The normalized spacial score (nSPS) is 14.0. The van der Waals surface area contributed by atoms with Crippen molar-refractivity contribution in [3.8, 4) is 6.07 Å². The van der Waals surface area contributed by atoms with Gasteiger partial charge in [0.25, 0.3) is 0 Å². The molecule has 132 valence electrons. The fourth-order valence-corrected chi connectivity index (χ4v) is 2.42. The van der Waals surface area contributed by atoms with Gasteiger partial charge < -0.3 is 4.74 Å². The molecule has 4 nitrogen and oxygen atoms in total. The van der Waals surface area contributed by atoms with Gasteiger partial charge in [0.2, 0.25) is 0 Å². The maximum Gasteiger partial charge on any atom is 0.133 e. The zero-order valence-electron chi connectivity index (χ0n) is 14.8. The van der Waals surface area contributed by atoms with Crippen molar-refractivity contribution in [3.05, 3.63) is 69.7 Å². The highest BCUT2D eigenvalue weighted by Crippen LogP contribution is 2.20. The molecular weight excluding hydrogens is 357 g/mol. The number of hydrogen-bond donors (Lipinski definition) is 0. The highest BCUT2D eigenvalue weighted by molar-refractivity contribution is 6.32. The average molecular weight is 378 g/mol. The summed E-state index contributed by atoms with van der Waals surface area (Å²) in [4.78, 5) is 0. The molecule has 1 aromatic rings. The summed E-state index contributed by atoms with van der Waals surface area (Å²) in [7, 11) is 0. The number of rotatable bonds is 7. The molecule has 6 heteroatoms. The third-order valence-corrected chi connectivity index (χ3v) is 3.90. The van der Waals surface area contributed by atoms with Crippen LogP contribution >= 0.6 is 23.2 Å². The molecule has 0 saturated carbocycles. The highest BCUT2D eigenvalue weighted by atomic mass is 35.5. The molecule has 1 rings (SSSR count). The van der Waals surface area contributed by atoms with Crippen LogP contribution in [0.3, 0.4) is 0 Å². The minimum absolute atomic E-state index is 0.313. The standard InChI is InChI=1S/C19H21Cl2N3O/c1-6-8-19(14(4)20)25-12-17-11-23-24(15(17)5)13(3)9-18(21)16(7-2)10-22/h6-9,11H,2,12H2,1,3-5H3/b8-6-,13-9+,18-16-,19-14-. The van der Waals surface area contributed by atoms with Crippen molar-refractivity contribution >= 4 is 28.9 Å². The monoisotopic (exact) mass is 377 g/mol. The van der Waals surface area contributed by atoms with E-state index in [0.29, 0.717) is 28.0 Å². The summed E-state index contributed by atoms with van der Waals surface area (Å²) in [5, 5.41) is 14.3. The summed E-state index contributed by atoms with van der Waals surface area (Å²) in [5.41, 5.74) is 2.94. The van der Waals surface area contributed by atoms with E-state index in [1.807, 2.05) is 39.0 Å². The summed E-state index contributed by atoms with van der Waals surface area (Å²) >= 11 is 12.2. The van der Waals surface area contributed by atoms with Crippen molar-refractivity contribution in [1.29, 1.82) is 5.26 Å². The van der Waals surface area contributed by atoms with Gasteiger partial charge in [0.15, 0.2) is 0 Å². The van der Waals surface area contributed by atoms with Crippen molar-refractivity contribution in [1.82, 2.24) is 9.78 Å². The van der Waals surface area contributed by atoms with Gasteiger partial charge in [0, 0.05) is 17.0 Å². The fourth-order valence-electron chi connectivity index (χ4n) is 2.03. The van der Waals surface area contributed by atoms with Crippen molar-refractivity contribution in [2.75, 3.05) is 0 Å². The lowest BCUT2D eigenvalue weighted by molar-refractivity contribution is 0.209. The Balaban J connectivity index is 3.05. The van der Waals surface area contributed by atoms with E-state index in [1.54, 1.807) is 23.9 Å². The lowest BCUT2D eigenvalue weighted by Crippen LogP contribution is -2.01. The third-order valence-electron chi connectivity index (χ3n) is 3.40. The number of nitriles is 1. The first-order valence-corrected chi connectivity index (χ1v) is 8.37. The molecule has 0 aromatic carbocycles. The largest absolute Gasteiger partial charge is 0.488 e. The zero-order valence-corrected chi connectivity index (χ0v) is 16.3. The molecule has 0 N–H and O–H groups in total. The number of nitrogens with zero attached hydrogens (tertiary/aromatic N) is 3. The molecule has 0 aliphatic heterocycles. The Morgan fingerprint density at radius 2 is 2.12 bits per heavy atom. The molecule has 25 heavy (non-hydrogen) atoms. The van der Waals surface area contributed by atoms with E-state index in [4.69, 9.17) is 33.2 Å². The van der Waals surface area contributed by atoms with Gasteiger partial charge in [0.05, 0.1) is 21.8 Å². The molecule has 0 aliphatic carbocycles. The molecule has 0 spiro atoms. The Bertz CT molecular complexity index is 801. The summed E-state index contributed by atoms with van der Waals surface area (Å²) in [5.74, 6) is 0.624. The minimum Gasteiger partial charge on any atom is -0.488 e. The Hall–Kier alpha value is -2.22. The maximum absolute atomic E-state index is 9.00. The zero-order chi connectivity index (χ0) is 19.0. The Kier molecular flexibility index (Phi) is 8.27. The van der Waals surface area contributed by atoms with Crippen LogP contribution in [-0.4, -0.2) is 9.78 Å². The Morgan fingerprint density at radius 3 is 2.64 bits per heavy atom. The van der Waals surface area contributed by atoms with Crippen LogP contribution in [0.25, 0.3) is 5.70 Å². The number of halogens is 2. The predicted molar refractivity (Wildman–Crippen MR) is 104 cm³/mol. The molecule has 0 radical (unpaired) electrons. The van der Waals surface area contributed by atoms with E-state index in [9.17, 15) is 0 Å². The van der Waals surface area contributed by atoms with Crippen molar-refractivity contribution in [2.45, 2.75) is 34.3 Å². The van der Waals surface area contributed by atoms with Gasteiger partial charge in [-0.2, -0.15) is 10.4 Å². The number of hydrogen-bond acceptors (Lipinski definition) is 3. The maximum atomic E-state index is 9.00. The van der Waals surface area contributed by atoms with Crippen LogP contribution in [0.15, 0.2) is 58.5 Å². The Morgan fingerprint density at radius 1 is 1.44 bits per heavy atom. The van der Waals surface area contributed by atoms with E-state index >= 15 is 0 Å². The van der Waals surface area contributed by atoms with Crippen LogP contribution in [0, 0.1) is 18.3 Å². The lowest BCUT2D eigenvalue weighted by Gasteiger charge is -2.09. The van der Waals surface area contributed by atoms with Gasteiger partial charge in [-0.3, -0.25) is 0 Å². The second-order valence-corrected chi connectivity index (χ2v) is 6.19. The van der Waals surface area contributed by atoms with E-state index in [1.165, 1.54) is 6.08 Å². The second-order valence-electron chi connectivity index (χ2n) is 5.22. The molecule has 0 saturated heterocycles. The topological polar surface area (TPSA) is 50.8 Å². The van der Waals surface area contributed by atoms with Crippen LogP contribution in [0.5, 0.6) is 0 Å². The minimum atomic E-state index is 0.313. The first kappa shape index (κ1) is 20.8. The quantitative estimate of drug-likeness (QED) is 0.341. The molecule has 0 unspecified atom stereocenters. The van der Waals surface area contributed by atoms with Gasteiger partial charge in [-0.05, 0) is 39.8 Å². The summed E-state index contributed by atoms with van der Waals surface area (Å²) in [6.45, 7) is 11.4. The van der Waals surface area contributed by atoms with Gasteiger partial charge in [-0.1, -0.05) is 41.9 Å². The SMILES string of the molecule is C=C/C(C#N)=C(Cl)\C=C(/C)n1ncc(COC(/C=C\C)=C(/C)Cl)c1C. The van der Waals surface area contributed by atoms with Gasteiger partial charge in [-0.15, -0.1) is 0 Å². The molecular formula is C19H21Cl2N3O. The van der Waals surface area contributed by atoms with Crippen LogP contribution in [0.4, 0.5) is 0 Å². The number of allylic oxidation sites excluding steroid dienone is 8. The van der Waals surface area contributed by atoms with Gasteiger partial charge in [-0.25, -0.2) is 4.68 Å². The molecule has 0 aliphatic rings. The predicted octanol–water partition coefficient (Wildman–Crippen LogP) is 5.82. The van der Waals surface area contributed by atoms with Crippen molar-refractivity contribution < 1.29 is 4.74 Å². The van der Waals surface area contributed by atoms with Crippen LogP contribution in [-0.2, 0) is 11.3 Å². The second kappa shape index (κ2) is 9.93. The molecule has 0 atom stereocenters. The molecule has 0 bridgehead atoms. The molecule has 0 amide bonds. The third kappa shape index (κ3) is 5.67. The summed E-state index contributed by atoms with van der Waals surface area (Å²) in [6.07, 6.45) is 8.52. The molecule has 1 aromatic heterocycles. The highest BCUT2D eigenvalue weighted by Gasteiger charge is 2.10. The fraction of sp³-hybridized carbons (Fsp3) is 0.263. The smallest absolute Gasteiger partial charge is 0.133 e. The number of ether oxygens (including phenoxy) is 1. The van der Waals surface area contributed by atoms with E-state index in [-0.39, 0.29) is 0 Å². The molecule has 1 heterocycles. The van der Waals surface area contributed by atoms with Crippen LogP contribution in [0.1, 0.15) is 32.0 Å². The lowest BCUT2D eigenvalue weighted by atomic mass is 10.2. The first-order valence-electron chi connectivity index (χ1n) is 7.62. The molecule has 0 fully saturated rings. The van der Waals surface area contributed by atoms with E-state index in [2.05, 4.69) is 11.7 Å². The number of aromatic nitrogens is 2. The van der Waals surface area contributed by atoms with Gasteiger partial charge >= 0.3 is 0 Å². The van der Waals surface area contributed by atoms with Crippen LogP contribution in [0.2, 0.25) is 0 Å². The van der Waals surface area contributed by atoms with E-state index < -0.39 is 0 Å². The Labute approximate surface area is 159 Å². The van der Waals surface area contributed by atoms with E-state index in [0.717, 1.165) is 17.0 Å². The van der Waals surface area contributed by atoms with Crippen molar-refractivity contribution in [3.63, 3.8) is 0 Å².